The van der Waals surface area contributed by atoms with Crippen molar-refractivity contribution in [2.45, 2.75) is 12.1 Å². The zero-order valence-electron chi connectivity index (χ0n) is 19.7. The van der Waals surface area contributed by atoms with E-state index in [4.69, 9.17) is 4.74 Å². The topological polar surface area (TPSA) is 65.0 Å². The molecular formula is C30H25N3O3. The van der Waals surface area contributed by atoms with Crippen LogP contribution in [0.1, 0.15) is 23.2 Å². The minimum Gasteiger partial charge on any atom is -0.504 e. The minimum atomic E-state index is -0.407. The van der Waals surface area contributed by atoms with Gasteiger partial charge in [0.15, 0.2) is 11.5 Å². The minimum absolute atomic E-state index is 0.0566. The molecule has 0 fully saturated rings. The Morgan fingerprint density at radius 3 is 2.00 bits per heavy atom. The second-order valence-electron chi connectivity index (χ2n) is 8.81. The summed E-state index contributed by atoms with van der Waals surface area (Å²) in [4.78, 5) is 15.9. The number of nitrogens with zero attached hydrogens (tertiary/aromatic N) is 2. The molecule has 6 nitrogen and oxygen atoms in total. The number of aromatic hydroxyl groups is 1. The first-order valence-electron chi connectivity index (χ1n) is 11.8. The van der Waals surface area contributed by atoms with Gasteiger partial charge in [0.2, 0.25) is 0 Å². The molecule has 0 bridgehead atoms. The zero-order valence-corrected chi connectivity index (χ0v) is 19.7. The molecule has 6 heteroatoms. The summed E-state index contributed by atoms with van der Waals surface area (Å²) < 4.78 is 5.43. The van der Waals surface area contributed by atoms with E-state index < -0.39 is 6.04 Å². The first-order chi connectivity index (χ1) is 17.7. The van der Waals surface area contributed by atoms with Gasteiger partial charge in [-0.3, -0.25) is 20.1 Å². The Morgan fingerprint density at radius 2 is 1.36 bits per heavy atom. The number of rotatable bonds is 5. The van der Waals surface area contributed by atoms with Gasteiger partial charge in [0.25, 0.3) is 5.91 Å². The summed E-state index contributed by atoms with van der Waals surface area (Å²) in [6, 6.07) is 34.5. The van der Waals surface area contributed by atoms with Gasteiger partial charge in [-0.1, -0.05) is 72.8 Å². The number of phenols is 1. The Morgan fingerprint density at radius 1 is 0.750 bits per heavy atom. The van der Waals surface area contributed by atoms with E-state index in [0.29, 0.717) is 11.4 Å². The van der Waals surface area contributed by atoms with Gasteiger partial charge in [0.1, 0.15) is 11.7 Å². The predicted octanol–water partition coefficient (Wildman–Crippen LogP) is 5.51. The number of amides is 1. The number of hydrazine groups is 1. The number of nitrogens with one attached hydrogen (secondary N) is 1. The normalized spacial score (nSPS) is 18.9. The summed E-state index contributed by atoms with van der Waals surface area (Å²) in [6.45, 7) is 0. The maximum atomic E-state index is 14.0. The van der Waals surface area contributed by atoms with Gasteiger partial charge in [0, 0.05) is 11.3 Å². The number of methoxy groups -OCH3 is 1. The average Bonchev–Trinajstić information content (AvgIpc) is 3.46. The number of carbonyl (C=O) groups is 1. The first kappa shape index (κ1) is 21.8. The van der Waals surface area contributed by atoms with Crippen LogP contribution < -0.4 is 20.1 Å². The number of para-hydroxylation sites is 2. The lowest BCUT2D eigenvalue weighted by molar-refractivity contribution is -0.115. The SMILES string of the molecule is COc1cc(C2C3=C(NN(c4ccccc4)C3c3ccccc3)C(=O)N2c2ccccc2)ccc1O. The van der Waals surface area contributed by atoms with Crippen LogP contribution >= 0.6 is 0 Å². The Hall–Kier alpha value is -4.71. The largest absolute Gasteiger partial charge is 0.504 e. The van der Waals surface area contributed by atoms with Crippen LogP contribution in [0.25, 0.3) is 0 Å². The molecule has 0 aromatic heterocycles. The van der Waals surface area contributed by atoms with Crippen LogP contribution in [0.2, 0.25) is 0 Å². The first-order valence-corrected chi connectivity index (χ1v) is 11.8. The molecule has 4 aromatic carbocycles. The lowest BCUT2D eigenvalue weighted by atomic mass is 9.89. The smallest absolute Gasteiger partial charge is 0.277 e. The van der Waals surface area contributed by atoms with Crippen LogP contribution in [0.4, 0.5) is 11.4 Å². The van der Waals surface area contributed by atoms with Crippen molar-refractivity contribution in [3.8, 4) is 11.5 Å². The lowest BCUT2D eigenvalue weighted by Crippen LogP contribution is -2.42. The van der Waals surface area contributed by atoms with Crippen LogP contribution in [-0.4, -0.2) is 18.1 Å². The van der Waals surface area contributed by atoms with Gasteiger partial charge in [-0.25, -0.2) is 0 Å². The van der Waals surface area contributed by atoms with E-state index in [2.05, 4.69) is 22.6 Å². The predicted molar refractivity (Wildman–Crippen MR) is 140 cm³/mol. The average molecular weight is 476 g/mol. The number of hydrogen-bond acceptors (Lipinski definition) is 5. The third-order valence-corrected chi connectivity index (χ3v) is 6.76. The highest BCUT2D eigenvalue weighted by Crippen LogP contribution is 2.52. The molecule has 2 atom stereocenters. The van der Waals surface area contributed by atoms with Crippen LogP contribution in [0.15, 0.2) is 120 Å². The van der Waals surface area contributed by atoms with Crippen molar-refractivity contribution in [2.75, 3.05) is 17.0 Å². The zero-order chi connectivity index (χ0) is 24.6. The summed E-state index contributed by atoms with van der Waals surface area (Å²) in [7, 11) is 1.53. The molecule has 178 valence electrons. The molecule has 4 aromatic rings. The molecule has 1 amide bonds. The molecule has 2 aliphatic rings. The number of phenolic OH excluding ortho intramolecular Hbond substituents is 1. The second-order valence-corrected chi connectivity index (χ2v) is 8.81. The van der Waals surface area contributed by atoms with Gasteiger partial charge in [-0.2, -0.15) is 0 Å². The summed E-state index contributed by atoms with van der Waals surface area (Å²) >= 11 is 0. The van der Waals surface area contributed by atoms with Crippen LogP contribution in [0.3, 0.4) is 0 Å². The van der Waals surface area contributed by atoms with Crippen molar-refractivity contribution in [2.24, 2.45) is 0 Å². The lowest BCUT2D eigenvalue weighted by Gasteiger charge is -2.36. The fraction of sp³-hybridized carbons (Fsp3) is 0.100. The van der Waals surface area contributed by atoms with E-state index in [1.807, 2.05) is 95.9 Å². The van der Waals surface area contributed by atoms with Crippen molar-refractivity contribution in [1.29, 1.82) is 0 Å². The number of ether oxygens (including phenoxy) is 1. The highest BCUT2D eigenvalue weighted by atomic mass is 16.5. The van der Waals surface area contributed by atoms with E-state index >= 15 is 0 Å². The van der Waals surface area contributed by atoms with Crippen molar-refractivity contribution in [1.82, 2.24) is 5.43 Å². The third-order valence-electron chi connectivity index (χ3n) is 6.76. The van der Waals surface area contributed by atoms with Gasteiger partial charge in [0.05, 0.1) is 18.8 Å². The van der Waals surface area contributed by atoms with Crippen molar-refractivity contribution < 1.29 is 14.6 Å². The maximum Gasteiger partial charge on any atom is 0.277 e. The Kier molecular flexibility index (Phi) is 5.34. The summed E-state index contributed by atoms with van der Waals surface area (Å²) in [5.74, 6) is 0.317. The van der Waals surface area contributed by atoms with Gasteiger partial charge >= 0.3 is 0 Å². The second kappa shape index (κ2) is 8.82. The molecule has 6 rings (SSSR count). The summed E-state index contributed by atoms with van der Waals surface area (Å²) in [5, 5.41) is 12.3. The van der Waals surface area contributed by atoms with Gasteiger partial charge in [-0.05, 0) is 47.5 Å². The molecule has 2 unspecified atom stereocenters. The van der Waals surface area contributed by atoms with Crippen LogP contribution in [-0.2, 0) is 4.79 Å². The Bertz CT molecular complexity index is 1440. The summed E-state index contributed by atoms with van der Waals surface area (Å²) in [6.07, 6.45) is 0. The molecule has 2 heterocycles. The van der Waals surface area contributed by atoms with Crippen molar-refractivity contribution >= 4 is 17.3 Å². The Balaban J connectivity index is 1.56. The van der Waals surface area contributed by atoms with E-state index in [1.165, 1.54) is 7.11 Å². The van der Waals surface area contributed by atoms with E-state index in [9.17, 15) is 9.90 Å². The molecule has 0 radical (unpaired) electrons. The van der Waals surface area contributed by atoms with Gasteiger partial charge < -0.3 is 9.84 Å². The molecule has 2 N–H and O–H groups in total. The number of carbonyl (C=O) groups excluding carboxylic acids is 1. The van der Waals surface area contributed by atoms with Crippen molar-refractivity contribution in [3.05, 3.63) is 132 Å². The quantitative estimate of drug-likeness (QED) is 0.399. The van der Waals surface area contributed by atoms with E-state index in [0.717, 1.165) is 28.1 Å². The molecule has 0 saturated heterocycles. The summed E-state index contributed by atoms with van der Waals surface area (Å²) in [5.41, 5.74) is 8.64. The molecule has 2 aliphatic heterocycles. The molecule has 0 saturated carbocycles. The highest BCUT2D eigenvalue weighted by molar-refractivity contribution is 6.11. The van der Waals surface area contributed by atoms with Gasteiger partial charge in [-0.15, -0.1) is 0 Å². The standard InChI is InChI=1S/C30H25N3O3/c1-36-25-19-21(17-18-24(25)34)28-26-27(30(35)32(28)22-13-7-3-8-14-22)31-33(23-15-9-4-10-16-23)29(26)20-11-5-2-6-12-20/h2-19,28-29,31,34H,1H3. The fourth-order valence-corrected chi connectivity index (χ4v) is 5.17. The van der Waals surface area contributed by atoms with Crippen LogP contribution in [0.5, 0.6) is 11.5 Å². The molecule has 0 spiro atoms. The maximum absolute atomic E-state index is 14.0. The molecule has 36 heavy (non-hydrogen) atoms. The number of benzene rings is 4. The van der Waals surface area contributed by atoms with Crippen LogP contribution in [0, 0.1) is 0 Å². The number of anilines is 2. The third kappa shape index (κ3) is 3.46. The fourth-order valence-electron chi connectivity index (χ4n) is 5.17. The monoisotopic (exact) mass is 475 g/mol. The van der Waals surface area contributed by atoms with E-state index in [1.54, 1.807) is 6.07 Å². The molecule has 0 aliphatic carbocycles. The Labute approximate surface area is 209 Å². The molecular weight excluding hydrogens is 450 g/mol. The van der Waals surface area contributed by atoms with Crippen molar-refractivity contribution in [3.63, 3.8) is 0 Å². The highest BCUT2D eigenvalue weighted by Gasteiger charge is 2.50. The van der Waals surface area contributed by atoms with E-state index in [-0.39, 0.29) is 17.7 Å². The number of hydrogen-bond donors (Lipinski definition) is 2.